The minimum Gasteiger partial charge on any atom is -0.305 e. The van der Waals surface area contributed by atoms with Crippen LogP contribution in [0.3, 0.4) is 0 Å². The van der Waals surface area contributed by atoms with Gasteiger partial charge in [0.2, 0.25) is 6.41 Å². The third-order valence-electron chi connectivity index (χ3n) is 4.58. The summed E-state index contributed by atoms with van der Waals surface area (Å²) in [4.78, 5) is 13.7. The first kappa shape index (κ1) is 14.3. The van der Waals surface area contributed by atoms with Gasteiger partial charge in [-0.25, -0.2) is 0 Å². The summed E-state index contributed by atoms with van der Waals surface area (Å²) >= 11 is 0. The zero-order valence-electron chi connectivity index (χ0n) is 12.4. The van der Waals surface area contributed by atoms with Crippen LogP contribution in [0.25, 0.3) is 0 Å². The highest BCUT2D eigenvalue weighted by molar-refractivity contribution is 5.78. The molecule has 1 aliphatic carbocycles. The Labute approximate surface area is 130 Å². The lowest BCUT2D eigenvalue weighted by molar-refractivity contribution is -0.108. The molecule has 3 rings (SSSR count). The third-order valence-corrected chi connectivity index (χ3v) is 4.58. The molecule has 0 spiro atoms. The fourth-order valence-electron chi connectivity index (χ4n) is 3.48. The minimum absolute atomic E-state index is 0.267. The van der Waals surface area contributed by atoms with Crippen molar-refractivity contribution in [1.29, 1.82) is 5.26 Å². The van der Waals surface area contributed by atoms with Crippen molar-refractivity contribution in [3.63, 3.8) is 0 Å². The highest BCUT2D eigenvalue weighted by Gasteiger charge is 2.41. The minimum atomic E-state index is -0.267. The van der Waals surface area contributed by atoms with Crippen LogP contribution < -0.4 is 4.90 Å². The molecule has 0 aliphatic heterocycles. The molecule has 2 aromatic carbocycles. The average molecular weight is 290 g/mol. The number of hydrogen-bond acceptors (Lipinski definition) is 2. The monoisotopic (exact) mass is 290 g/mol. The van der Waals surface area contributed by atoms with Gasteiger partial charge >= 0.3 is 0 Å². The van der Waals surface area contributed by atoms with Crippen LogP contribution in [0, 0.1) is 11.3 Å². The lowest BCUT2D eigenvalue weighted by Crippen LogP contribution is -2.43. The summed E-state index contributed by atoms with van der Waals surface area (Å²) in [6, 6.07) is 19.6. The lowest BCUT2D eigenvalue weighted by atomic mass is 9.86. The Kier molecular flexibility index (Phi) is 3.93. The first-order valence-electron chi connectivity index (χ1n) is 7.60. The van der Waals surface area contributed by atoms with Crippen LogP contribution in [0.5, 0.6) is 0 Å². The van der Waals surface area contributed by atoms with Gasteiger partial charge in [0, 0.05) is 5.69 Å². The smallest absolute Gasteiger partial charge is 0.214 e. The average Bonchev–Trinajstić information content (AvgIpc) is 3.08. The summed E-state index contributed by atoms with van der Waals surface area (Å²) in [6.45, 7) is 0. The van der Waals surface area contributed by atoms with E-state index in [0.29, 0.717) is 5.56 Å². The van der Waals surface area contributed by atoms with Gasteiger partial charge < -0.3 is 4.90 Å². The Hall–Kier alpha value is -2.60. The molecule has 1 fully saturated rings. The Morgan fingerprint density at radius 3 is 2.18 bits per heavy atom. The highest BCUT2D eigenvalue weighted by atomic mass is 16.1. The number of hydrogen-bond donors (Lipinski definition) is 0. The van der Waals surface area contributed by atoms with Gasteiger partial charge in [-0.2, -0.15) is 5.26 Å². The number of amides is 1. The second-order valence-corrected chi connectivity index (χ2v) is 5.74. The van der Waals surface area contributed by atoms with Crippen LogP contribution in [-0.2, 0) is 10.3 Å². The molecule has 3 heteroatoms. The van der Waals surface area contributed by atoms with Crippen molar-refractivity contribution >= 4 is 12.1 Å². The fraction of sp³-hybridized carbons (Fsp3) is 0.263. The number of benzene rings is 2. The molecule has 3 nitrogen and oxygen atoms in total. The van der Waals surface area contributed by atoms with E-state index >= 15 is 0 Å². The summed E-state index contributed by atoms with van der Waals surface area (Å²) in [7, 11) is 0. The number of anilines is 1. The van der Waals surface area contributed by atoms with Crippen LogP contribution in [0.4, 0.5) is 5.69 Å². The molecule has 1 amide bonds. The van der Waals surface area contributed by atoms with Crippen molar-refractivity contribution in [1.82, 2.24) is 0 Å². The van der Waals surface area contributed by atoms with Crippen LogP contribution in [-0.4, -0.2) is 6.41 Å². The molecular formula is C19H18N2O. The van der Waals surface area contributed by atoms with Crippen molar-refractivity contribution in [2.75, 3.05) is 4.90 Å². The second-order valence-electron chi connectivity index (χ2n) is 5.74. The maximum Gasteiger partial charge on any atom is 0.214 e. The van der Waals surface area contributed by atoms with E-state index in [-0.39, 0.29) is 5.54 Å². The van der Waals surface area contributed by atoms with E-state index in [4.69, 9.17) is 5.26 Å². The van der Waals surface area contributed by atoms with Crippen LogP contribution >= 0.6 is 0 Å². The number of carbonyl (C=O) groups is 1. The Bertz CT molecular complexity index is 680. The van der Waals surface area contributed by atoms with E-state index in [1.165, 1.54) is 5.56 Å². The standard InChI is InChI=1S/C19H18N2O/c20-14-16-8-10-18(11-9-16)21(15-22)19(12-4-5-13-19)17-6-2-1-3-7-17/h1-3,6-11,15H,4-5,12-13H2. The Balaban J connectivity index is 2.05. The number of nitrogens with zero attached hydrogens (tertiary/aromatic N) is 2. The molecule has 0 bridgehead atoms. The zero-order valence-corrected chi connectivity index (χ0v) is 12.4. The molecule has 0 aromatic heterocycles. The molecule has 0 radical (unpaired) electrons. The van der Waals surface area contributed by atoms with Crippen molar-refractivity contribution in [2.24, 2.45) is 0 Å². The summed E-state index contributed by atoms with van der Waals surface area (Å²) in [5, 5.41) is 8.93. The lowest BCUT2D eigenvalue weighted by Gasteiger charge is -2.39. The molecule has 0 unspecified atom stereocenters. The third kappa shape index (κ3) is 2.37. The molecule has 0 saturated heterocycles. The van der Waals surface area contributed by atoms with Gasteiger partial charge in [-0.05, 0) is 42.7 Å². The van der Waals surface area contributed by atoms with Crippen LogP contribution in [0.1, 0.15) is 36.8 Å². The molecule has 0 heterocycles. The van der Waals surface area contributed by atoms with E-state index in [0.717, 1.165) is 37.8 Å². The predicted octanol–water partition coefficient (Wildman–Crippen LogP) is 3.99. The van der Waals surface area contributed by atoms with Crippen molar-refractivity contribution in [3.8, 4) is 6.07 Å². The summed E-state index contributed by atoms with van der Waals surface area (Å²) < 4.78 is 0. The van der Waals surface area contributed by atoms with Gasteiger partial charge in [-0.15, -0.1) is 0 Å². The van der Waals surface area contributed by atoms with E-state index < -0.39 is 0 Å². The Morgan fingerprint density at radius 2 is 1.64 bits per heavy atom. The van der Waals surface area contributed by atoms with E-state index in [1.807, 2.05) is 35.2 Å². The highest BCUT2D eigenvalue weighted by Crippen LogP contribution is 2.45. The topological polar surface area (TPSA) is 44.1 Å². The molecule has 1 aliphatic rings. The van der Waals surface area contributed by atoms with Crippen molar-refractivity contribution in [2.45, 2.75) is 31.2 Å². The molecule has 0 atom stereocenters. The van der Waals surface area contributed by atoms with Crippen molar-refractivity contribution < 1.29 is 4.79 Å². The largest absolute Gasteiger partial charge is 0.305 e. The zero-order chi connectivity index (χ0) is 15.4. The van der Waals surface area contributed by atoms with E-state index in [1.54, 1.807) is 12.1 Å². The SMILES string of the molecule is N#Cc1ccc(N(C=O)C2(c3ccccc3)CCCC2)cc1. The van der Waals surface area contributed by atoms with Gasteiger partial charge in [0.1, 0.15) is 0 Å². The first-order chi connectivity index (χ1) is 10.8. The van der Waals surface area contributed by atoms with Crippen molar-refractivity contribution in [3.05, 3.63) is 65.7 Å². The number of rotatable bonds is 4. The Morgan fingerprint density at radius 1 is 1.00 bits per heavy atom. The summed E-state index contributed by atoms with van der Waals surface area (Å²) in [6.07, 6.45) is 5.11. The fourth-order valence-corrected chi connectivity index (χ4v) is 3.48. The van der Waals surface area contributed by atoms with E-state index in [9.17, 15) is 4.79 Å². The predicted molar refractivity (Wildman–Crippen MR) is 86.3 cm³/mol. The van der Waals surface area contributed by atoms with E-state index in [2.05, 4.69) is 18.2 Å². The van der Waals surface area contributed by atoms with Gasteiger partial charge in [-0.3, -0.25) is 4.79 Å². The van der Waals surface area contributed by atoms with Gasteiger partial charge in [0.25, 0.3) is 0 Å². The molecular weight excluding hydrogens is 272 g/mol. The normalized spacial score (nSPS) is 16.0. The molecule has 1 saturated carbocycles. The van der Waals surface area contributed by atoms with Gasteiger partial charge in [-0.1, -0.05) is 43.2 Å². The maximum atomic E-state index is 11.9. The number of carbonyl (C=O) groups excluding carboxylic acids is 1. The first-order valence-corrected chi connectivity index (χ1v) is 7.60. The number of nitriles is 1. The molecule has 2 aromatic rings. The van der Waals surface area contributed by atoms with Crippen LogP contribution in [0.2, 0.25) is 0 Å². The van der Waals surface area contributed by atoms with Gasteiger partial charge in [0.15, 0.2) is 0 Å². The molecule has 0 N–H and O–H groups in total. The maximum absolute atomic E-state index is 11.9. The molecule has 22 heavy (non-hydrogen) atoms. The second kappa shape index (κ2) is 6.03. The summed E-state index contributed by atoms with van der Waals surface area (Å²) in [5.74, 6) is 0. The molecule has 110 valence electrons. The van der Waals surface area contributed by atoms with Crippen LogP contribution in [0.15, 0.2) is 54.6 Å². The van der Waals surface area contributed by atoms with Gasteiger partial charge in [0.05, 0.1) is 17.2 Å². The summed E-state index contributed by atoms with van der Waals surface area (Å²) in [5.41, 5.74) is 2.37. The quantitative estimate of drug-likeness (QED) is 0.799.